The van der Waals surface area contributed by atoms with Gasteiger partial charge in [-0.15, -0.1) is 24.0 Å². The van der Waals surface area contributed by atoms with Crippen LogP contribution in [-0.4, -0.2) is 55.2 Å². The van der Waals surface area contributed by atoms with E-state index in [9.17, 15) is 0 Å². The lowest BCUT2D eigenvalue weighted by Gasteiger charge is -2.20. The minimum atomic E-state index is 0. The summed E-state index contributed by atoms with van der Waals surface area (Å²) >= 11 is 8.04. The Bertz CT molecular complexity index is 503. The Balaban J connectivity index is 0.00000264. The number of aromatic nitrogens is 1. The number of hydrogen-bond donors (Lipinski definition) is 2. The largest absolute Gasteiger partial charge is 0.357 e. The Morgan fingerprint density at radius 1 is 1.57 bits per heavy atom. The topological polar surface area (TPSA) is 52.6 Å². The Labute approximate surface area is 165 Å². The van der Waals surface area contributed by atoms with Gasteiger partial charge in [0.2, 0.25) is 0 Å². The summed E-state index contributed by atoms with van der Waals surface area (Å²) in [6.45, 7) is 5.63. The van der Waals surface area contributed by atoms with E-state index in [1.165, 1.54) is 0 Å². The van der Waals surface area contributed by atoms with E-state index in [4.69, 9.17) is 11.6 Å². The minimum absolute atomic E-state index is 0. The molecule has 1 fully saturated rings. The van der Waals surface area contributed by atoms with E-state index in [0.717, 1.165) is 50.1 Å². The van der Waals surface area contributed by atoms with Crippen LogP contribution in [0.1, 0.15) is 13.3 Å². The molecule has 1 aromatic rings. The van der Waals surface area contributed by atoms with Gasteiger partial charge in [0.1, 0.15) is 5.82 Å². The maximum atomic E-state index is 6.23. The molecular weight excluding hydrogens is 445 g/mol. The lowest BCUT2D eigenvalue weighted by atomic mass is 10.3. The third kappa shape index (κ3) is 6.54. The van der Waals surface area contributed by atoms with Crippen LogP contribution in [0.3, 0.4) is 0 Å². The van der Waals surface area contributed by atoms with Crippen molar-refractivity contribution in [2.45, 2.75) is 19.4 Å². The van der Waals surface area contributed by atoms with Gasteiger partial charge in [0.05, 0.1) is 11.6 Å². The summed E-state index contributed by atoms with van der Waals surface area (Å²) in [5.41, 5.74) is 0. The number of anilines is 1. The fourth-order valence-electron chi connectivity index (χ4n) is 2.44. The van der Waals surface area contributed by atoms with Gasteiger partial charge >= 0.3 is 0 Å². The zero-order valence-electron chi connectivity index (χ0n) is 13.6. The highest BCUT2D eigenvalue weighted by Gasteiger charge is 2.25. The first-order valence-electron chi connectivity index (χ1n) is 7.63. The molecule has 2 rings (SSSR count). The normalized spacial score (nSPS) is 17.8. The SMILES string of the molecule is CCNC(=NCCSC)NC1CCN(c2ncccc2Cl)C1.I. The molecule has 130 valence electrons. The van der Waals surface area contributed by atoms with E-state index in [2.05, 4.69) is 38.7 Å². The number of halogens is 2. The number of guanidine groups is 1. The van der Waals surface area contributed by atoms with Gasteiger partial charge in [-0.25, -0.2) is 4.98 Å². The molecule has 1 unspecified atom stereocenters. The molecular formula is C15H25ClIN5S. The fourth-order valence-corrected chi connectivity index (χ4v) is 2.96. The summed E-state index contributed by atoms with van der Waals surface area (Å²) in [7, 11) is 0. The zero-order chi connectivity index (χ0) is 15.8. The molecule has 2 N–H and O–H groups in total. The number of pyridine rings is 1. The van der Waals surface area contributed by atoms with Gasteiger partial charge in [-0.05, 0) is 31.7 Å². The van der Waals surface area contributed by atoms with E-state index < -0.39 is 0 Å². The van der Waals surface area contributed by atoms with E-state index in [1.54, 1.807) is 6.20 Å². The summed E-state index contributed by atoms with van der Waals surface area (Å²) in [6, 6.07) is 4.11. The van der Waals surface area contributed by atoms with Crippen LogP contribution in [-0.2, 0) is 0 Å². The van der Waals surface area contributed by atoms with Gasteiger partial charge in [0.25, 0.3) is 0 Å². The number of aliphatic imine (C=N–C) groups is 1. The Kier molecular flexibility index (Phi) is 10.0. The van der Waals surface area contributed by atoms with Crippen LogP contribution in [0.2, 0.25) is 5.02 Å². The number of rotatable bonds is 6. The quantitative estimate of drug-likeness (QED) is 0.290. The van der Waals surface area contributed by atoms with Crippen molar-refractivity contribution in [3.8, 4) is 0 Å². The molecule has 1 aliphatic heterocycles. The average molecular weight is 470 g/mol. The molecule has 1 saturated heterocycles. The van der Waals surface area contributed by atoms with E-state index in [1.807, 2.05) is 23.9 Å². The third-order valence-electron chi connectivity index (χ3n) is 3.48. The first-order valence-corrected chi connectivity index (χ1v) is 9.41. The molecule has 2 heterocycles. The summed E-state index contributed by atoms with van der Waals surface area (Å²) in [5, 5.41) is 7.53. The van der Waals surface area contributed by atoms with Gasteiger partial charge < -0.3 is 15.5 Å². The monoisotopic (exact) mass is 469 g/mol. The number of nitrogens with zero attached hydrogens (tertiary/aromatic N) is 3. The van der Waals surface area contributed by atoms with Crippen LogP contribution < -0.4 is 15.5 Å². The van der Waals surface area contributed by atoms with Gasteiger partial charge in [-0.3, -0.25) is 4.99 Å². The lowest BCUT2D eigenvalue weighted by molar-refractivity contribution is 0.650. The van der Waals surface area contributed by atoms with Crippen LogP contribution in [0.15, 0.2) is 23.3 Å². The van der Waals surface area contributed by atoms with Crippen molar-refractivity contribution >= 4 is 59.1 Å². The Morgan fingerprint density at radius 3 is 3.09 bits per heavy atom. The first kappa shape index (κ1) is 20.6. The van der Waals surface area contributed by atoms with Crippen molar-refractivity contribution in [2.24, 2.45) is 4.99 Å². The van der Waals surface area contributed by atoms with Gasteiger partial charge in [-0.1, -0.05) is 11.6 Å². The summed E-state index contributed by atoms with van der Waals surface area (Å²) in [5.74, 6) is 2.81. The molecule has 0 radical (unpaired) electrons. The van der Waals surface area contributed by atoms with Gasteiger partial charge in [0.15, 0.2) is 5.96 Å². The molecule has 8 heteroatoms. The maximum Gasteiger partial charge on any atom is 0.191 e. The molecule has 1 aliphatic rings. The molecule has 1 atom stereocenters. The van der Waals surface area contributed by atoms with E-state index >= 15 is 0 Å². The molecule has 0 aromatic carbocycles. The summed E-state index contributed by atoms with van der Waals surface area (Å²) in [6.07, 6.45) is 4.94. The second kappa shape index (κ2) is 11.2. The van der Waals surface area contributed by atoms with Crippen molar-refractivity contribution in [3.63, 3.8) is 0 Å². The zero-order valence-corrected chi connectivity index (χ0v) is 17.5. The minimum Gasteiger partial charge on any atom is -0.357 e. The molecule has 0 aliphatic carbocycles. The molecule has 0 amide bonds. The van der Waals surface area contributed by atoms with Crippen LogP contribution in [0.25, 0.3) is 0 Å². The molecule has 1 aromatic heterocycles. The molecule has 0 bridgehead atoms. The van der Waals surface area contributed by atoms with Crippen LogP contribution in [0.4, 0.5) is 5.82 Å². The Hall–Kier alpha value is -0.410. The predicted molar refractivity (Wildman–Crippen MR) is 113 cm³/mol. The summed E-state index contributed by atoms with van der Waals surface area (Å²) < 4.78 is 0. The van der Waals surface area contributed by atoms with Crippen molar-refractivity contribution in [1.29, 1.82) is 0 Å². The highest BCUT2D eigenvalue weighted by Crippen LogP contribution is 2.25. The standard InChI is InChI=1S/C15H24ClN5S.HI/c1-3-17-15(19-8-10-22-2)20-12-6-9-21(11-12)14-13(16)5-4-7-18-14;/h4-5,7,12H,3,6,8-11H2,1-2H3,(H2,17,19,20);1H. The van der Waals surface area contributed by atoms with Crippen LogP contribution in [0, 0.1) is 0 Å². The maximum absolute atomic E-state index is 6.23. The van der Waals surface area contributed by atoms with Crippen LogP contribution >= 0.6 is 47.3 Å². The average Bonchev–Trinajstić information content (AvgIpc) is 2.96. The number of thioether (sulfide) groups is 1. The third-order valence-corrected chi connectivity index (χ3v) is 4.36. The molecule has 5 nitrogen and oxygen atoms in total. The number of hydrogen-bond acceptors (Lipinski definition) is 4. The number of nitrogens with one attached hydrogen (secondary N) is 2. The molecule has 0 saturated carbocycles. The van der Waals surface area contributed by atoms with Gasteiger partial charge in [-0.2, -0.15) is 11.8 Å². The predicted octanol–water partition coefficient (Wildman–Crippen LogP) is 2.85. The van der Waals surface area contributed by atoms with E-state index in [0.29, 0.717) is 11.1 Å². The highest BCUT2D eigenvalue weighted by atomic mass is 127. The second-order valence-corrected chi connectivity index (χ2v) is 6.53. The van der Waals surface area contributed by atoms with Crippen molar-refractivity contribution < 1.29 is 0 Å². The molecule has 0 spiro atoms. The Morgan fingerprint density at radius 2 is 2.39 bits per heavy atom. The second-order valence-electron chi connectivity index (χ2n) is 5.14. The van der Waals surface area contributed by atoms with E-state index in [-0.39, 0.29) is 24.0 Å². The van der Waals surface area contributed by atoms with Crippen molar-refractivity contribution in [1.82, 2.24) is 15.6 Å². The van der Waals surface area contributed by atoms with Crippen molar-refractivity contribution in [3.05, 3.63) is 23.4 Å². The van der Waals surface area contributed by atoms with Crippen LogP contribution in [0.5, 0.6) is 0 Å². The lowest BCUT2D eigenvalue weighted by Crippen LogP contribution is -2.44. The smallest absolute Gasteiger partial charge is 0.191 e. The van der Waals surface area contributed by atoms with Gasteiger partial charge in [0, 0.05) is 37.6 Å². The highest BCUT2D eigenvalue weighted by molar-refractivity contribution is 14.0. The first-order chi connectivity index (χ1) is 10.7. The molecule has 23 heavy (non-hydrogen) atoms. The summed E-state index contributed by atoms with van der Waals surface area (Å²) in [4.78, 5) is 11.2. The van der Waals surface area contributed by atoms with Crippen molar-refractivity contribution in [2.75, 3.05) is 43.1 Å². The fraction of sp³-hybridized carbons (Fsp3) is 0.600.